The summed E-state index contributed by atoms with van der Waals surface area (Å²) in [6.45, 7) is 0.863. The van der Waals surface area contributed by atoms with Gasteiger partial charge in [-0.3, -0.25) is 0 Å². The molecule has 4 nitrogen and oxygen atoms in total. The van der Waals surface area contributed by atoms with Crippen molar-refractivity contribution in [1.29, 1.82) is 5.26 Å². The molecule has 5 heteroatoms. The minimum Gasteiger partial charge on any atom is -0.366 e. The van der Waals surface area contributed by atoms with Crippen LogP contribution in [0.15, 0.2) is 12.3 Å². The van der Waals surface area contributed by atoms with Crippen molar-refractivity contribution >= 4 is 17.6 Å². The standard InChI is InChI=1S/C13H18N4S/c1-18-13(6-3-2-4-7-13)10-15-12-11(9-14)5-8-16-17-12/h5,8H,2-4,6-7,10H2,1H3,(H,15,17). The normalized spacial score (nSPS) is 18.0. The van der Waals surface area contributed by atoms with Gasteiger partial charge in [0.2, 0.25) is 0 Å². The average molecular weight is 262 g/mol. The maximum atomic E-state index is 9.01. The van der Waals surface area contributed by atoms with E-state index in [0.29, 0.717) is 16.1 Å². The largest absolute Gasteiger partial charge is 0.366 e. The second-order valence-corrected chi connectivity index (χ2v) is 5.98. The van der Waals surface area contributed by atoms with Gasteiger partial charge in [0.25, 0.3) is 0 Å². The monoisotopic (exact) mass is 262 g/mol. The minimum absolute atomic E-state index is 0.294. The van der Waals surface area contributed by atoms with Gasteiger partial charge in [0.1, 0.15) is 6.07 Å². The number of rotatable bonds is 4. The summed E-state index contributed by atoms with van der Waals surface area (Å²) in [4.78, 5) is 0. The van der Waals surface area contributed by atoms with Gasteiger partial charge in [0, 0.05) is 11.3 Å². The Bertz CT molecular complexity index is 435. The number of thioether (sulfide) groups is 1. The quantitative estimate of drug-likeness (QED) is 0.904. The first-order valence-electron chi connectivity index (χ1n) is 6.30. The molecule has 0 spiro atoms. The Kier molecular flexibility index (Phi) is 4.43. The third-order valence-electron chi connectivity index (χ3n) is 3.62. The van der Waals surface area contributed by atoms with Gasteiger partial charge in [-0.15, -0.1) is 5.10 Å². The van der Waals surface area contributed by atoms with E-state index >= 15 is 0 Å². The summed E-state index contributed by atoms with van der Waals surface area (Å²) in [5.74, 6) is 0.610. The summed E-state index contributed by atoms with van der Waals surface area (Å²) in [7, 11) is 0. The molecule has 0 radical (unpaired) electrons. The lowest BCUT2D eigenvalue weighted by Gasteiger charge is -2.36. The van der Waals surface area contributed by atoms with E-state index in [1.165, 1.54) is 32.1 Å². The van der Waals surface area contributed by atoms with Crippen LogP contribution in [-0.2, 0) is 0 Å². The van der Waals surface area contributed by atoms with Crippen molar-refractivity contribution in [3.8, 4) is 6.07 Å². The number of aromatic nitrogens is 2. The van der Waals surface area contributed by atoms with Crippen LogP contribution < -0.4 is 5.32 Å². The molecule has 1 fully saturated rings. The number of nitrogens with zero attached hydrogens (tertiary/aromatic N) is 3. The predicted octanol–water partition coefficient (Wildman–Crippen LogP) is 2.83. The van der Waals surface area contributed by atoms with Crippen molar-refractivity contribution in [2.24, 2.45) is 0 Å². The first-order chi connectivity index (χ1) is 8.79. The maximum Gasteiger partial charge on any atom is 0.166 e. The number of hydrogen-bond donors (Lipinski definition) is 1. The minimum atomic E-state index is 0.294. The molecule has 0 atom stereocenters. The number of hydrogen-bond acceptors (Lipinski definition) is 5. The van der Waals surface area contributed by atoms with Crippen LogP contribution in [0.4, 0.5) is 5.82 Å². The van der Waals surface area contributed by atoms with Gasteiger partial charge in [-0.05, 0) is 25.2 Å². The Morgan fingerprint density at radius 2 is 2.22 bits per heavy atom. The van der Waals surface area contributed by atoms with Crippen LogP contribution in [0.3, 0.4) is 0 Å². The third kappa shape index (κ3) is 2.94. The summed E-state index contributed by atoms with van der Waals surface area (Å²) in [6.07, 6.45) is 10.1. The van der Waals surface area contributed by atoms with Gasteiger partial charge in [0.15, 0.2) is 5.82 Å². The Morgan fingerprint density at radius 1 is 1.44 bits per heavy atom. The van der Waals surface area contributed by atoms with Crippen LogP contribution in [-0.4, -0.2) is 27.7 Å². The van der Waals surface area contributed by atoms with Crippen molar-refractivity contribution in [2.45, 2.75) is 36.9 Å². The molecule has 2 rings (SSSR count). The van der Waals surface area contributed by atoms with Gasteiger partial charge in [-0.25, -0.2) is 0 Å². The summed E-state index contributed by atoms with van der Waals surface area (Å²) in [6, 6.07) is 3.84. The van der Waals surface area contributed by atoms with Crippen molar-refractivity contribution in [3.63, 3.8) is 0 Å². The molecule has 96 valence electrons. The van der Waals surface area contributed by atoms with Crippen molar-refractivity contribution in [1.82, 2.24) is 10.2 Å². The van der Waals surface area contributed by atoms with Crippen LogP contribution in [0, 0.1) is 11.3 Å². The molecule has 1 heterocycles. The zero-order valence-electron chi connectivity index (χ0n) is 10.6. The Hall–Kier alpha value is -1.28. The van der Waals surface area contributed by atoms with Gasteiger partial charge in [0.05, 0.1) is 11.8 Å². The summed E-state index contributed by atoms with van der Waals surface area (Å²) in [5, 5.41) is 20.2. The molecular formula is C13H18N4S. The summed E-state index contributed by atoms with van der Waals surface area (Å²) < 4.78 is 0.294. The highest BCUT2D eigenvalue weighted by atomic mass is 32.2. The second-order valence-electron chi connectivity index (χ2n) is 4.71. The molecule has 0 bridgehead atoms. The smallest absolute Gasteiger partial charge is 0.166 e. The number of anilines is 1. The lowest BCUT2D eigenvalue weighted by Crippen LogP contribution is -2.35. The van der Waals surface area contributed by atoms with Crippen molar-refractivity contribution in [3.05, 3.63) is 17.8 Å². The van der Waals surface area contributed by atoms with Crippen LogP contribution >= 0.6 is 11.8 Å². The highest BCUT2D eigenvalue weighted by molar-refractivity contribution is 8.00. The van der Waals surface area contributed by atoms with Crippen molar-refractivity contribution < 1.29 is 0 Å². The van der Waals surface area contributed by atoms with E-state index in [0.717, 1.165) is 6.54 Å². The van der Waals surface area contributed by atoms with Crippen LogP contribution in [0.25, 0.3) is 0 Å². The fourth-order valence-electron chi connectivity index (χ4n) is 2.45. The van der Waals surface area contributed by atoms with E-state index in [1.807, 2.05) is 11.8 Å². The molecule has 1 aromatic heterocycles. The van der Waals surface area contributed by atoms with Gasteiger partial charge in [-0.1, -0.05) is 19.3 Å². The Labute approximate surface area is 112 Å². The van der Waals surface area contributed by atoms with E-state index in [2.05, 4.69) is 27.8 Å². The number of nitrogens with one attached hydrogen (secondary N) is 1. The second kappa shape index (κ2) is 6.05. The molecule has 0 amide bonds. The lowest BCUT2D eigenvalue weighted by atomic mass is 9.88. The highest BCUT2D eigenvalue weighted by Gasteiger charge is 2.31. The predicted molar refractivity (Wildman–Crippen MR) is 74.6 cm³/mol. The van der Waals surface area contributed by atoms with Gasteiger partial charge in [-0.2, -0.15) is 22.1 Å². The van der Waals surface area contributed by atoms with E-state index in [4.69, 9.17) is 5.26 Å². The third-order valence-corrected chi connectivity index (χ3v) is 5.04. The van der Waals surface area contributed by atoms with Crippen LogP contribution in [0.2, 0.25) is 0 Å². The first kappa shape index (κ1) is 13.2. The average Bonchev–Trinajstić information content (AvgIpc) is 2.46. The molecule has 1 aromatic rings. The molecule has 0 saturated heterocycles. The maximum absolute atomic E-state index is 9.01. The fourth-order valence-corrected chi connectivity index (χ4v) is 3.36. The molecule has 1 saturated carbocycles. The lowest BCUT2D eigenvalue weighted by molar-refractivity contribution is 0.411. The van der Waals surface area contributed by atoms with E-state index < -0.39 is 0 Å². The van der Waals surface area contributed by atoms with Gasteiger partial charge < -0.3 is 5.32 Å². The summed E-state index contributed by atoms with van der Waals surface area (Å²) >= 11 is 1.93. The topological polar surface area (TPSA) is 61.6 Å². The first-order valence-corrected chi connectivity index (χ1v) is 7.53. The zero-order valence-corrected chi connectivity index (χ0v) is 11.5. The molecule has 0 aromatic carbocycles. The van der Waals surface area contributed by atoms with E-state index in [-0.39, 0.29) is 0 Å². The highest BCUT2D eigenvalue weighted by Crippen LogP contribution is 2.38. The Morgan fingerprint density at radius 3 is 2.89 bits per heavy atom. The number of nitriles is 1. The molecule has 1 aliphatic rings. The van der Waals surface area contributed by atoms with E-state index in [9.17, 15) is 0 Å². The molecule has 0 aliphatic heterocycles. The Balaban J connectivity index is 2.03. The summed E-state index contributed by atoms with van der Waals surface area (Å²) in [5.41, 5.74) is 0.567. The molecule has 1 N–H and O–H groups in total. The molecular weight excluding hydrogens is 244 g/mol. The molecule has 18 heavy (non-hydrogen) atoms. The van der Waals surface area contributed by atoms with Gasteiger partial charge >= 0.3 is 0 Å². The van der Waals surface area contributed by atoms with E-state index in [1.54, 1.807) is 12.3 Å². The fraction of sp³-hybridized carbons (Fsp3) is 0.615. The van der Waals surface area contributed by atoms with Crippen LogP contribution in [0.5, 0.6) is 0 Å². The van der Waals surface area contributed by atoms with Crippen LogP contribution in [0.1, 0.15) is 37.7 Å². The zero-order chi connectivity index (χ0) is 12.8. The molecule has 0 unspecified atom stereocenters. The molecule has 1 aliphatic carbocycles. The van der Waals surface area contributed by atoms with Crippen molar-refractivity contribution in [2.75, 3.05) is 18.1 Å². The SMILES string of the molecule is CSC1(CNc2nnccc2C#N)CCCCC1.